The first-order valence-electron chi connectivity index (χ1n) is 13.6. The van der Waals surface area contributed by atoms with Crippen molar-refractivity contribution in [2.45, 2.75) is 66.5 Å². The molecule has 1 saturated heterocycles. The molecule has 1 aliphatic heterocycles. The summed E-state index contributed by atoms with van der Waals surface area (Å²) in [6.07, 6.45) is 3.67. The fourth-order valence-corrected chi connectivity index (χ4v) is 5.50. The molecule has 1 amide bonds. The van der Waals surface area contributed by atoms with Crippen molar-refractivity contribution in [1.82, 2.24) is 34.4 Å². The highest BCUT2D eigenvalue weighted by molar-refractivity contribution is 5.90. The van der Waals surface area contributed by atoms with Gasteiger partial charge in [0, 0.05) is 49.0 Å². The number of nitrogens with one attached hydrogen (secondary N) is 1. The van der Waals surface area contributed by atoms with Crippen molar-refractivity contribution in [3.63, 3.8) is 0 Å². The summed E-state index contributed by atoms with van der Waals surface area (Å²) in [5, 5.41) is 4.40. The van der Waals surface area contributed by atoms with E-state index in [0.29, 0.717) is 19.1 Å². The van der Waals surface area contributed by atoms with Crippen LogP contribution in [0.5, 0.6) is 0 Å². The lowest BCUT2D eigenvalue weighted by atomic mass is 9.95. The third-order valence-corrected chi connectivity index (χ3v) is 8.18. The van der Waals surface area contributed by atoms with Gasteiger partial charge in [0.15, 0.2) is 5.65 Å². The number of hydrogen-bond donors (Lipinski definition) is 1. The maximum Gasteiger partial charge on any atom is 0.237 e. The highest BCUT2D eigenvalue weighted by Crippen LogP contribution is 2.38. The number of aryl methyl sites for hydroxylation is 1. The number of amides is 1. The van der Waals surface area contributed by atoms with Crippen LogP contribution in [0.4, 0.5) is 5.82 Å². The van der Waals surface area contributed by atoms with Gasteiger partial charge in [-0.05, 0) is 70.8 Å². The summed E-state index contributed by atoms with van der Waals surface area (Å²) in [5.74, 6) is 1.44. The minimum absolute atomic E-state index is 0.126. The molecule has 0 radical (unpaired) electrons. The van der Waals surface area contributed by atoms with Crippen molar-refractivity contribution >= 4 is 28.4 Å². The van der Waals surface area contributed by atoms with Crippen LogP contribution in [-0.4, -0.2) is 85.6 Å². The van der Waals surface area contributed by atoms with Crippen LogP contribution < -0.4 is 4.90 Å². The Morgan fingerprint density at radius 3 is 2.61 bits per heavy atom. The highest BCUT2D eigenvalue weighted by Gasteiger charge is 2.29. The van der Waals surface area contributed by atoms with Crippen molar-refractivity contribution in [1.29, 1.82) is 0 Å². The normalized spacial score (nSPS) is 16.7. The highest BCUT2D eigenvalue weighted by atomic mass is 16.2. The van der Waals surface area contributed by atoms with E-state index < -0.39 is 0 Å². The summed E-state index contributed by atoms with van der Waals surface area (Å²) in [6.45, 7) is 17.8. The molecule has 9 nitrogen and oxygen atoms in total. The molecule has 0 unspecified atom stereocenters. The fraction of sp³-hybridized carbons (Fsp3) is 0.517. The van der Waals surface area contributed by atoms with Gasteiger partial charge in [-0.1, -0.05) is 13.8 Å². The van der Waals surface area contributed by atoms with Crippen LogP contribution in [0, 0.1) is 13.8 Å². The van der Waals surface area contributed by atoms with Crippen LogP contribution in [0.1, 0.15) is 57.2 Å². The van der Waals surface area contributed by atoms with E-state index in [2.05, 4.69) is 91.7 Å². The number of H-pyrrole nitrogens is 1. The lowest BCUT2D eigenvalue weighted by Gasteiger charge is -2.41. The summed E-state index contributed by atoms with van der Waals surface area (Å²) in [4.78, 5) is 32.7. The molecule has 1 atom stereocenters. The minimum Gasteiger partial charge on any atom is -0.353 e. The smallest absolute Gasteiger partial charge is 0.237 e. The number of likely N-dealkylation sites (N-methyl/N-ethyl adjacent to an activating group) is 1. The Morgan fingerprint density at radius 1 is 1.16 bits per heavy atom. The summed E-state index contributed by atoms with van der Waals surface area (Å²) in [6, 6.07) is 4.71. The van der Waals surface area contributed by atoms with E-state index in [1.54, 1.807) is 6.33 Å². The summed E-state index contributed by atoms with van der Waals surface area (Å²) in [5.41, 5.74) is 8.67. The van der Waals surface area contributed by atoms with Crippen LogP contribution in [0.3, 0.4) is 0 Å². The van der Waals surface area contributed by atoms with Gasteiger partial charge in [0.2, 0.25) is 5.91 Å². The van der Waals surface area contributed by atoms with Gasteiger partial charge in [0.1, 0.15) is 12.1 Å². The Bertz CT molecular complexity index is 1480. The van der Waals surface area contributed by atoms with Crippen LogP contribution in [-0.2, 0) is 4.79 Å². The van der Waals surface area contributed by atoms with Gasteiger partial charge in [-0.2, -0.15) is 5.10 Å². The second-order valence-corrected chi connectivity index (χ2v) is 11.3. The van der Waals surface area contributed by atoms with Gasteiger partial charge in [0.05, 0.1) is 23.3 Å². The number of anilines is 1. The number of rotatable bonds is 6. The summed E-state index contributed by atoms with van der Waals surface area (Å²) in [7, 11) is 2.01. The van der Waals surface area contributed by atoms with Crippen molar-refractivity contribution in [2.24, 2.45) is 0 Å². The largest absolute Gasteiger partial charge is 0.353 e. The first kappa shape index (κ1) is 26.2. The molecule has 0 spiro atoms. The zero-order chi connectivity index (χ0) is 27.3. The van der Waals surface area contributed by atoms with E-state index in [-0.39, 0.29) is 17.9 Å². The Kier molecular flexibility index (Phi) is 6.90. The standard InChI is InChI=1S/C29H40N8O/c1-17(2)26-27(22-14-37-29(30-16-31-37)21(7)20(22)6)32-23-9-10-24(33-28(23)26)35-11-12-36(19(5)13-35)25(38)15-34(8)18(3)4/h9-10,14,16-19,32H,11-13,15H2,1-8H3/t19-/m1/s1. The van der Waals surface area contributed by atoms with Crippen molar-refractivity contribution in [3.05, 3.63) is 41.3 Å². The van der Waals surface area contributed by atoms with Crippen molar-refractivity contribution in [2.75, 3.05) is 38.1 Å². The van der Waals surface area contributed by atoms with E-state index in [1.807, 2.05) is 16.5 Å². The number of carbonyl (C=O) groups is 1. The number of nitrogens with zero attached hydrogens (tertiary/aromatic N) is 7. The third kappa shape index (κ3) is 4.53. The topological polar surface area (TPSA) is 85.7 Å². The molecule has 1 aliphatic rings. The van der Waals surface area contributed by atoms with Gasteiger partial charge >= 0.3 is 0 Å². The number of hydrogen-bond acceptors (Lipinski definition) is 6. The quantitative estimate of drug-likeness (QED) is 0.409. The third-order valence-electron chi connectivity index (χ3n) is 8.18. The van der Waals surface area contributed by atoms with Crippen LogP contribution >= 0.6 is 0 Å². The van der Waals surface area contributed by atoms with Gasteiger partial charge in [-0.3, -0.25) is 9.69 Å². The lowest BCUT2D eigenvalue weighted by molar-refractivity contribution is -0.134. The number of pyridine rings is 2. The fourth-order valence-electron chi connectivity index (χ4n) is 5.50. The molecule has 0 saturated carbocycles. The maximum absolute atomic E-state index is 13.0. The molecule has 0 aliphatic carbocycles. The molecule has 38 heavy (non-hydrogen) atoms. The molecule has 5 rings (SSSR count). The number of aromatic amines is 1. The van der Waals surface area contributed by atoms with Crippen LogP contribution in [0.2, 0.25) is 0 Å². The average molecular weight is 517 g/mol. The first-order valence-corrected chi connectivity index (χ1v) is 13.6. The SMILES string of the molecule is Cc1c(-c2[nH]c3ccc(N4CCN(C(=O)CN(C)C(C)C)[C@H](C)C4)nc3c2C(C)C)cn2ncnc2c1C. The van der Waals surface area contributed by atoms with Crippen molar-refractivity contribution < 1.29 is 4.79 Å². The molecule has 4 aromatic rings. The molecule has 1 fully saturated rings. The molecule has 5 heterocycles. The van der Waals surface area contributed by atoms with E-state index in [0.717, 1.165) is 52.4 Å². The van der Waals surface area contributed by atoms with E-state index >= 15 is 0 Å². The zero-order valence-corrected chi connectivity index (χ0v) is 23.9. The van der Waals surface area contributed by atoms with Crippen LogP contribution in [0.15, 0.2) is 24.7 Å². The summed E-state index contributed by atoms with van der Waals surface area (Å²) < 4.78 is 1.85. The average Bonchev–Trinajstić information content (AvgIpc) is 3.50. The number of carbonyl (C=O) groups excluding carboxylic acids is 1. The molecule has 202 valence electrons. The molecule has 0 bridgehead atoms. The molecular formula is C29H40N8O. The monoisotopic (exact) mass is 516 g/mol. The number of fused-ring (bicyclic) bond motifs is 2. The second-order valence-electron chi connectivity index (χ2n) is 11.3. The summed E-state index contributed by atoms with van der Waals surface area (Å²) >= 11 is 0. The second kappa shape index (κ2) is 10.0. The Morgan fingerprint density at radius 2 is 1.92 bits per heavy atom. The molecule has 0 aromatic carbocycles. The van der Waals surface area contributed by atoms with E-state index in [1.165, 1.54) is 11.1 Å². The molecule has 9 heteroatoms. The van der Waals surface area contributed by atoms with Gasteiger partial charge in [-0.25, -0.2) is 14.5 Å². The van der Waals surface area contributed by atoms with Crippen LogP contribution in [0.25, 0.3) is 27.9 Å². The van der Waals surface area contributed by atoms with E-state index in [4.69, 9.17) is 4.98 Å². The van der Waals surface area contributed by atoms with Crippen molar-refractivity contribution in [3.8, 4) is 11.3 Å². The molecular weight excluding hydrogens is 476 g/mol. The molecule has 4 aromatic heterocycles. The first-order chi connectivity index (χ1) is 18.1. The minimum atomic E-state index is 0.126. The number of aromatic nitrogens is 5. The molecule has 1 N–H and O–H groups in total. The maximum atomic E-state index is 13.0. The van der Waals surface area contributed by atoms with Gasteiger partial charge < -0.3 is 14.8 Å². The predicted molar refractivity (Wildman–Crippen MR) is 153 cm³/mol. The van der Waals surface area contributed by atoms with E-state index in [9.17, 15) is 4.79 Å². The lowest BCUT2D eigenvalue weighted by Crippen LogP contribution is -2.56. The van der Waals surface area contributed by atoms with Gasteiger partial charge in [0.25, 0.3) is 0 Å². The Balaban J connectivity index is 1.46. The van der Waals surface area contributed by atoms with Gasteiger partial charge in [-0.15, -0.1) is 0 Å². The Labute approximate surface area is 224 Å². The predicted octanol–water partition coefficient (Wildman–Crippen LogP) is 4.39. The Hall–Kier alpha value is -3.46. The zero-order valence-electron chi connectivity index (χ0n) is 23.9. The number of piperazine rings is 1.